The van der Waals surface area contributed by atoms with Crippen molar-refractivity contribution in [2.24, 2.45) is 5.41 Å². The van der Waals surface area contributed by atoms with Crippen molar-refractivity contribution in [2.45, 2.75) is 57.7 Å². The molecular formula is C18H34N2O3. The molecule has 0 bridgehead atoms. The van der Waals surface area contributed by atoms with Crippen LogP contribution in [0.1, 0.15) is 40.0 Å². The molecule has 0 aromatic rings. The SMILES string of the molecule is CCO[C@@H]1C[C@H](NCC(C)(C)N2CCOCC2)C12CCOCC2. The molecule has 0 aromatic heterocycles. The summed E-state index contributed by atoms with van der Waals surface area (Å²) < 4.78 is 17.1. The molecule has 2 heterocycles. The van der Waals surface area contributed by atoms with Gasteiger partial charge in [-0.2, -0.15) is 0 Å². The summed E-state index contributed by atoms with van der Waals surface area (Å²) in [5, 5.41) is 3.89. The van der Waals surface area contributed by atoms with Crippen molar-refractivity contribution in [1.29, 1.82) is 0 Å². The minimum atomic E-state index is 0.173. The van der Waals surface area contributed by atoms with Gasteiger partial charge >= 0.3 is 0 Å². The lowest BCUT2D eigenvalue weighted by atomic mass is 9.57. The molecular weight excluding hydrogens is 292 g/mol. The van der Waals surface area contributed by atoms with Crippen LogP contribution in [0.5, 0.6) is 0 Å². The minimum Gasteiger partial charge on any atom is -0.381 e. The van der Waals surface area contributed by atoms with Crippen molar-refractivity contribution in [2.75, 3.05) is 52.7 Å². The van der Waals surface area contributed by atoms with Crippen LogP contribution in [0.2, 0.25) is 0 Å². The molecule has 3 rings (SSSR count). The zero-order chi connectivity index (χ0) is 16.3. The highest BCUT2D eigenvalue weighted by molar-refractivity contribution is 5.09. The van der Waals surface area contributed by atoms with Crippen molar-refractivity contribution in [1.82, 2.24) is 10.2 Å². The van der Waals surface area contributed by atoms with Gasteiger partial charge in [0.2, 0.25) is 0 Å². The largest absolute Gasteiger partial charge is 0.381 e. The number of rotatable bonds is 6. The first-order chi connectivity index (χ1) is 11.1. The highest BCUT2D eigenvalue weighted by Crippen LogP contribution is 2.50. The van der Waals surface area contributed by atoms with Crippen LogP contribution in [0, 0.1) is 5.41 Å². The van der Waals surface area contributed by atoms with E-state index in [1.165, 1.54) is 0 Å². The van der Waals surface area contributed by atoms with Crippen molar-refractivity contribution >= 4 is 0 Å². The third kappa shape index (κ3) is 3.59. The summed E-state index contributed by atoms with van der Waals surface area (Å²) in [7, 11) is 0. The van der Waals surface area contributed by atoms with E-state index in [2.05, 4.69) is 31.0 Å². The monoisotopic (exact) mass is 326 g/mol. The molecule has 0 amide bonds. The summed E-state index contributed by atoms with van der Waals surface area (Å²) in [6.07, 6.45) is 3.83. The molecule has 2 saturated heterocycles. The van der Waals surface area contributed by atoms with Gasteiger partial charge in [0.05, 0.1) is 19.3 Å². The number of ether oxygens (including phenoxy) is 3. The van der Waals surface area contributed by atoms with Crippen molar-refractivity contribution in [3.63, 3.8) is 0 Å². The first kappa shape index (κ1) is 17.6. The molecule has 0 unspecified atom stereocenters. The first-order valence-electron chi connectivity index (χ1n) is 9.34. The summed E-state index contributed by atoms with van der Waals surface area (Å²) in [5.41, 5.74) is 0.474. The third-order valence-electron chi connectivity index (χ3n) is 6.22. The molecule has 0 aromatic carbocycles. The van der Waals surface area contributed by atoms with Gasteiger partial charge in [-0.1, -0.05) is 0 Å². The molecule has 1 N–H and O–H groups in total. The highest BCUT2D eigenvalue weighted by atomic mass is 16.5. The Kier molecular flexibility index (Phi) is 5.64. The van der Waals surface area contributed by atoms with E-state index in [9.17, 15) is 0 Å². The zero-order valence-corrected chi connectivity index (χ0v) is 15.1. The maximum absolute atomic E-state index is 6.03. The minimum absolute atomic E-state index is 0.173. The second kappa shape index (κ2) is 7.36. The predicted octanol–water partition coefficient (Wildman–Crippen LogP) is 1.66. The van der Waals surface area contributed by atoms with Gasteiger partial charge in [-0.15, -0.1) is 0 Å². The maximum Gasteiger partial charge on any atom is 0.0662 e. The fourth-order valence-corrected chi connectivity index (χ4v) is 4.54. The molecule has 134 valence electrons. The lowest BCUT2D eigenvalue weighted by molar-refractivity contribution is -0.174. The maximum atomic E-state index is 6.03. The van der Waals surface area contributed by atoms with Gasteiger partial charge < -0.3 is 19.5 Å². The summed E-state index contributed by atoms with van der Waals surface area (Å²) in [5.74, 6) is 0. The van der Waals surface area contributed by atoms with Crippen molar-refractivity contribution in [3.8, 4) is 0 Å². The van der Waals surface area contributed by atoms with Gasteiger partial charge in [0.15, 0.2) is 0 Å². The second-order valence-electron chi connectivity index (χ2n) is 7.87. The molecule has 3 fully saturated rings. The Labute approximate surface area is 141 Å². The summed E-state index contributed by atoms with van der Waals surface area (Å²) >= 11 is 0. The molecule has 5 heteroatoms. The van der Waals surface area contributed by atoms with Gasteiger partial charge in [0, 0.05) is 56.5 Å². The van der Waals surface area contributed by atoms with E-state index in [1.807, 2.05) is 0 Å². The second-order valence-corrected chi connectivity index (χ2v) is 7.87. The molecule has 3 aliphatic rings. The number of nitrogens with zero attached hydrogens (tertiary/aromatic N) is 1. The third-order valence-corrected chi connectivity index (χ3v) is 6.22. The fourth-order valence-electron chi connectivity index (χ4n) is 4.54. The smallest absolute Gasteiger partial charge is 0.0662 e. The molecule has 2 atom stereocenters. The average molecular weight is 326 g/mol. The van der Waals surface area contributed by atoms with Gasteiger partial charge in [-0.05, 0) is 40.0 Å². The molecule has 5 nitrogen and oxygen atoms in total. The molecule has 23 heavy (non-hydrogen) atoms. The van der Waals surface area contributed by atoms with Crippen LogP contribution in [0.15, 0.2) is 0 Å². The number of hydrogen-bond donors (Lipinski definition) is 1. The number of morpholine rings is 1. The Morgan fingerprint density at radius 3 is 2.43 bits per heavy atom. The van der Waals surface area contributed by atoms with E-state index in [1.54, 1.807) is 0 Å². The van der Waals surface area contributed by atoms with Gasteiger partial charge in [-0.25, -0.2) is 0 Å². The molecule has 1 saturated carbocycles. The van der Waals surface area contributed by atoms with Gasteiger partial charge in [-0.3, -0.25) is 4.90 Å². The van der Waals surface area contributed by atoms with E-state index in [4.69, 9.17) is 14.2 Å². The molecule has 0 radical (unpaired) electrons. The Balaban J connectivity index is 1.56. The highest BCUT2D eigenvalue weighted by Gasteiger charge is 2.56. The lowest BCUT2D eigenvalue weighted by Gasteiger charge is -2.58. The quantitative estimate of drug-likeness (QED) is 0.804. The van der Waals surface area contributed by atoms with Crippen molar-refractivity contribution in [3.05, 3.63) is 0 Å². The van der Waals surface area contributed by atoms with Crippen LogP contribution in [0.4, 0.5) is 0 Å². The van der Waals surface area contributed by atoms with E-state index in [-0.39, 0.29) is 5.54 Å². The normalized spacial score (nSPS) is 32.0. The van der Waals surface area contributed by atoms with Crippen LogP contribution >= 0.6 is 0 Å². The molecule has 1 aliphatic carbocycles. The predicted molar refractivity (Wildman–Crippen MR) is 90.8 cm³/mol. The summed E-state index contributed by atoms with van der Waals surface area (Å²) in [4.78, 5) is 2.55. The summed E-state index contributed by atoms with van der Waals surface area (Å²) in [6, 6.07) is 0.572. The van der Waals surface area contributed by atoms with Gasteiger partial charge in [0.25, 0.3) is 0 Å². The van der Waals surface area contributed by atoms with E-state index >= 15 is 0 Å². The summed E-state index contributed by atoms with van der Waals surface area (Å²) in [6.45, 7) is 14.2. The Morgan fingerprint density at radius 1 is 1.13 bits per heavy atom. The first-order valence-corrected chi connectivity index (χ1v) is 9.34. The lowest BCUT2D eigenvalue weighted by Crippen LogP contribution is -2.67. The van der Waals surface area contributed by atoms with Crippen LogP contribution in [-0.2, 0) is 14.2 Å². The molecule has 1 spiro atoms. The average Bonchev–Trinajstić information content (AvgIpc) is 2.59. The number of nitrogens with one attached hydrogen (secondary N) is 1. The Bertz CT molecular complexity index is 376. The van der Waals surface area contributed by atoms with Crippen LogP contribution in [0.3, 0.4) is 0 Å². The van der Waals surface area contributed by atoms with Gasteiger partial charge in [0.1, 0.15) is 0 Å². The van der Waals surface area contributed by atoms with Crippen LogP contribution in [-0.4, -0.2) is 75.3 Å². The Hall–Kier alpha value is -0.200. The van der Waals surface area contributed by atoms with Crippen LogP contribution < -0.4 is 5.32 Å². The van der Waals surface area contributed by atoms with Crippen molar-refractivity contribution < 1.29 is 14.2 Å². The standard InChI is InChI=1S/C18H34N2O3/c1-4-23-16-13-15(18(16)5-9-21-10-6-18)19-14-17(2,3)20-7-11-22-12-8-20/h15-16,19H,4-14H2,1-3H3/t15-,16+/m0/s1. The molecule has 2 aliphatic heterocycles. The fraction of sp³-hybridized carbons (Fsp3) is 1.00. The number of hydrogen-bond acceptors (Lipinski definition) is 5. The van der Waals surface area contributed by atoms with E-state index < -0.39 is 0 Å². The Morgan fingerprint density at radius 2 is 1.78 bits per heavy atom. The van der Waals surface area contributed by atoms with E-state index in [0.29, 0.717) is 17.6 Å². The zero-order valence-electron chi connectivity index (χ0n) is 15.1. The topological polar surface area (TPSA) is 43.0 Å². The van der Waals surface area contributed by atoms with Crippen LogP contribution in [0.25, 0.3) is 0 Å². The van der Waals surface area contributed by atoms with E-state index in [0.717, 1.165) is 71.9 Å².